The minimum absolute atomic E-state index is 0. The Hall–Kier alpha value is -2.16. The van der Waals surface area contributed by atoms with Gasteiger partial charge >= 0.3 is 0 Å². The molecular formula is C24H32FIN4O. The van der Waals surface area contributed by atoms with E-state index >= 15 is 0 Å². The maximum Gasteiger partial charge on any atom is 0.253 e. The zero-order valence-electron chi connectivity index (χ0n) is 18.5. The number of aliphatic imine (C=N–C) groups is 1. The normalized spacial score (nSPS) is 14.4. The molecule has 1 saturated carbocycles. The first-order valence-electron chi connectivity index (χ1n) is 10.5. The van der Waals surface area contributed by atoms with Gasteiger partial charge < -0.3 is 15.5 Å². The van der Waals surface area contributed by atoms with Crippen LogP contribution >= 0.6 is 24.0 Å². The van der Waals surface area contributed by atoms with E-state index in [4.69, 9.17) is 4.99 Å². The van der Waals surface area contributed by atoms with E-state index in [0.29, 0.717) is 18.7 Å². The molecule has 2 aromatic carbocycles. The molecule has 0 radical (unpaired) electrons. The van der Waals surface area contributed by atoms with Crippen LogP contribution < -0.4 is 10.6 Å². The first kappa shape index (κ1) is 25.1. The Labute approximate surface area is 201 Å². The van der Waals surface area contributed by atoms with Crippen LogP contribution in [0.3, 0.4) is 0 Å². The van der Waals surface area contributed by atoms with Crippen molar-refractivity contribution in [3.05, 3.63) is 71.0 Å². The van der Waals surface area contributed by atoms with Gasteiger partial charge in [-0.05, 0) is 55.5 Å². The summed E-state index contributed by atoms with van der Waals surface area (Å²) >= 11 is 0. The number of amides is 1. The Balaban J connectivity index is 0.00000341. The topological polar surface area (TPSA) is 56.7 Å². The van der Waals surface area contributed by atoms with E-state index in [-0.39, 0.29) is 41.1 Å². The molecule has 1 fully saturated rings. The quantitative estimate of drug-likeness (QED) is 0.304. The first-order chi connectivity index (χ1) is 14.4. The van der Waals surface area contributed by atoms with Gasteiger partial charge in [-0.15, -0.1) is 24.0 Å². The number of rotatable bonds is 8. The van der Waals surface area contributed by atoms with Crippen LogP contribution in [0.15, 0.2) is 53.5 Å². The molecule has 0 aromatic heterocycles. The van der Waals surface area contributed by atoms with Crippen molar-refractivity contribution in [1.29, 1.82) is 0 Å². The molecule has 5 nitrogen and oxygen atoms in total. The molecule has 0 spiro atoms. The SMILES string of the molecule is CCNC(=NCC1(c2ccccc2F)CC1)NCCc1cccc(C(=O)N(C)C)c1.I. The summed E-state index contributed by atoms with van der Waals surface area (Å²) in [5.41, 5.74) is 2.39. The molecule has 0 unspecified atom stereocenters. The number of carbonyl (C=O) groups is 1. The van der Waals surface area contributed by atoms with Crippen molar-refractivity contribution < 1.29 is 9.18 Å². The van der Waals surface area contributed by atoms with Crippen molar-refractivity contribution in [2.24, 2.45) is 4.99 Å². The van der Waals surface area contributed by atoms with Crippen molar-refractivity contribution in [3.8, 4) is 0 Å². The summed E-state index contributed by atoms with van der Waals surface area (Å²) in [7, 11) is 3.51. The van der Waals surface area contributed by atoms with Gasteiger partial charge in [-0.1, -0.05) is 30.3 Å². The molecule has 1 aliphatic rings. The molecule has 31 heavy (non-hydrogen) atoms. The number of carbonyl (C=O) groups excluding carboxylic acids is 1. The maximum atomic E-state index is 14.2. The van der Waals surface area contributed by atoms with Crippen LogP contribution in [-0.2, 0) is 11.8 Å². The molecule has 1 aliphatic carbocycles. The van der Waals surface area contributed by atoms with Crippen LogP contribution in [0.25, 0.3) is 0 Å². The standard InChI is InChI=1S/C24H31FN4O.HI/c1-4-26-23(28-17-24(13-14-24)20-10-5-6-11-21(20)25)27-15-12-18-8-7-9-19(16-18)22(30)29(2)3;/h5-11,16H,4,12-15,17H2,1-3H3,(H2,26,27,28);1H. The molecule has 168 valence electrons. The van der Waals surface area contributed by atoms with Gasteiger partial charge in [0.1, 0.15) is 5.82 Å². The number of hydrogen-bond donors (Lipinski definition) is 2. The maximum absolute atomic E-state index is 14.2. The molecule has 0 saturated heterocycles. The fraction of sp³-hybridized carbons (Fsp3) is 0.417. The van der Waals surface area contributed by atoms with Gasteiger partial charge in [0.15, 0.2) is 5.96 Å². The first-order valence-corrected chi connectivity index (χ1v) is 10.5. The van der Waals surface area contributed by atoms with Crippen molar-refractivity contribution in [1.82, 2.24) is 15.5 Å². The number of benzene rings is 2. The second kappa shape index (κ2) is 11.5. The lowest BCUT2D eigenvalue weighted by Gasteiger charge is -2.16. The zero-order chi connectivity index (χ0) is 21.6. The van der Waals surface area contributed by atoms with E-state index in [0.717, 1.165) is 42.9 Å². The number of hydrogen-bond acceptors (Lipinski definition) is 2. The van der Waals surface area contributed by atoms with Crippen molar-refractivity contribution in [2.45, 2.75) is 31.6 Å². The predicted molar refractivity (Wildman–Crippen MR) is 135 cm³/mol. The summed E-state index contributed by atoms with van der Waals surface area (Å²) in [5.74, 6) is 0.596. The molecule has 2 aromatic rings. The van der Waals surface area contributed by atoms with Crippen molar-refractivity contribution in [2.75, 3.05) is 33.7 Å². The average molecular weight is 538 g/mol. The Bertz CT molecular complexity index is 912. The van der Waals surface area contributed by atoms with Crippen LogP contribution in [-0.4, -0.2) is 50.5 Å². The largest absolute Gasteiger partial charge is 0.357 e. The lowest BCUT2D eigenvalue weighted by Crippen LogP contribution is -2.39. The highest BCUT2D eigenvalue weighted by molar-refractivity contribution is 14.0. The third-order valence-corrected chi connectivity index (χ3v) is 5.47. The van der Waals surface area contributed by atoms with E-state index < -0.39 is 0 Å². The monoisotopic (exact) mass is 538 g/mol. The summed E-state index contributed by atoms with van der Waals surface area (Å²) in [6.07, 6.45) is 2.70. The molecule has 0 heterocycles. The second-order valence-electron chi connectivity index (χ2n) is 8.03. The number of nitrogens with zero attached hydrogens (tertiary/aromatic N) is 2. The third kappa shape index (κ3) is 6.66. The van der Waals surface area contributed by atoms with Crippen LogP contribution in [0, 0.1) is 5.82 Å². The fourth-order valence-electron chi connectivity index (χ4n) is 3.57. The Morgan fingerprint density at radius 3 is 2.52 bits per heavy atom. The summed E-state index contributed by atoms with van der Waals surface area (Å²) in [6.45, 7) is 4.04. The minimum atomic E-state index is -0.172. The summed E-state index contributed by atoms with van der Waals surface area (Å²) in [6, 6.07) is 14.7. The van der Waals surface area contributed by atoms with Crippen LogP contribution in [0.2, 0.25) is 0 Å². The summed E-state index contributed by atoms with van der Waals surface area (Å²) in [4.78, 5) is 18.5. The Kier molecular flexibility index (Phi) is 9.28. The van der Waals surface area contributed by atoms with Crippen LogP contribution in [0.5, 0.6) is 0 Å². The van der Waals surface area contributed by atoms with Crippen LogP contribution in [0.1, 0.15) is 41.3 Å². The van der Waals surface area contributed by atoms with Crippen LogP contribution in [0.4, 0.5) is 4.39 Å². The van der Waals surface area contributed by atoms with Gasteiger partial charge in [0.2, 0.25) is 0 Å². The van der Waals surface area contributed by atoms with Crippen molar-refractivity contribution >= 4 is 35.8 Å². The fourth-order valence-corrected chi connectivity index (χ4v) is 3.57. The number of nitrogens with one attached hydrogen (secondary N) is 2. The molecule has 0 bridgehead atoms. The van der Waals surface area contributed by atoms with E-state index in [1.807, 2.05) is 43.3 Å². The lowest BCUT2D eigenvalue weighted by atomic mass is 9.95. The molecule has 0 atom stereocenters. The van der Waals surface area contributed by atoms with E-state index in [9.17, 15) is 9.18 Å². The smallest absolute Gasteiger partial charge is 0.253 e. The highest BCUT2D eigenvalue weighted by Crippen LogP contribution is 2.49. The Morgan fingerprint density at radius 2 is 1.87 bits per heavy atom. The molecule has 0 aliphatic heterocycles. The van der Waals surface area contributed by atoms with E-state index in [2.05, 4.69) is 10.6 Å². The van der Waals surface area contributed by atoms with Gasteiger partial charge in [-0.3, -0.25) is 9.79 Å². The minimum Gasteiger partial charge on any atom is -0.357 e. The van der Waals surface area contributed by atoms with E-state index in [1.165, 1.54) is 6.07 Å². The summed E-state index contributed by atoms with van der Waals surface area (Å²) in [5, 5.41) is 6.62. The third-order valence-electron chi connectivity index (χ3n) is 5.47. The molecular weight excluding hydrogens is 506 g/mol. The van der Waals surface area contributed by atoms with Gasteiger partial charge in [-0.2, -0.15) is 0 Å². The lowest BCUT2D eigenvalue weighted by molar-refractivity contribution is 0.0827. The number of guanidine groups is 1. The molecule has 7 heteroatoms. The Morgan fingerprint density at radius 1 is 1.13 bits per heavy atom. The zero-order valence-corrected chi connectivity index (χ0v) is 20.8. The number of halogens is 2. The highest BCUT2D eigenvalue weighted by atomic mass is 127. The van der Waals surface area contributed by atoms with Crippen molar-refractivity contribution in [3.63, 3.8) is 0 Å². The summed E-state index contributed by atoms with van der Waals surface area (Å²) < 4.78 is 14.2. The second-order valence-corrected chi connectivity index (χ2v) is 8.03. The average Bonchev–Trinajstić information content (AvgIpc) is 3.53. The van der Waals surface area contributed by atoms with Gasteiger partial charge in [0.05, 0.1) is 6.54 Å². The molecule has 3 rings (SSSR count). The highest BCUT2D eigenvalue weighted by Gasteiger charge is 2.45. The molecule has 2 N–H and O–H groups in total. The van der Waals surface area contributed by atoms with E-state index in [1.54, 1.807) is 25.1 Å². The van der Waals surface area contributed by atoms with Gasteiger partial charge in [-0.25, -0.2) is 4.39 Å². The molecule has 1 amide bonds. The van der Waals surface area contributed by atoms with Gasteiger partial charge in [0, 0.05) is 38.2 Å². The van der Waals surface area contributed by atoms with Gasteiger partial charge in [0.25, 0.3) is 5.91 Å². The predicted octanol–water partition coefficient (Wildman–Crippen LogP) is 3.97.